The predicted octanol–water partition coefficient (Wildman–Crippen LogP) is 1.51. The number of hydrogen-bond acceptors (Lipinski definition) is 4. The van der Waals surface area contributed by atoms with E-state index in [0.29, 0.717) is 0 Å². The number of nitrogens with one attached hydrogen (secondary N) is 1. The highest BCUT2D eigenvalue weighted by atomic mass is 15.3. The molecule has 0 saturated heterocycles. The Hall–Kier alpha value is -1.69. The van der Waals surface area contributed by atoms with Gasteiger partial charge in [0.05, 0.1) is 18.1 Å². The second-order valence-corrected chi connectivity index (χ2v) is 5.87. The maximum Gasteiger partial charge on any atom is 0.155 e. The lowest BCUT2D eigenvalue weighted by molar-refractivity contribution is 0.411. The van der Waals surface area contributed by atoms with Crippen LogP contribution >= 0.6 is 0 Å². The van der Waals surface area contributed by atoms with Crippen LogP contribution in [0.5, 0.6) is 0 Å². The zero-order chi connectivity index (χ0) is 14.0. The van der Waals surface area contributed by atoms with Crippen molar-refractivity contribution in [3.05, 3.63) is 30.4 Å². The first kappa shape index (κ1) is 13.7. The molecule has 2 aromatic rings. The van der Waals surface area contributed by atoms with E-state index in [1.807, 2.05) is 24.1 Å². The van der Waals surface area contributed by atoms with Crippen LogP contribution in [-0.2, 0) is 13.6 Å². The fraction of sp³-hybridized carbons (Fsp3) is 0.615. The summed E-state index contributed by atoms with van der Waals surface area (Å²) in [5.74, 6) is 0.926. The SMILES string of the molecule is CC(c1nncn1C)n1cncc1CNC(C)(C)C. The van der Waals surface area contributed by atoms with Crippen LogP contribution in [0.4, 0.5) is 0 Å². The van der Waals surface area contributed by atoms with Crippen LogP contribution in [0.2, 0.25) is 0 Å². The largest absolute Gasteiger partial charge is 0.323 e. The van der Waals surface area contributed by atoms with Gasteiger partial charge < -0.3 is 14.5 Å². The van der Waals surface area contributed by atoms with E-state index in [9.17, 15) is 0 Å². The molecule has 2 heterocycles. The topological polar surface area (TPSA) is 60.6 Å². The van der Waals surface area contributed by atoms with Crippen LogP contribution < -0.4 is 5.32 Å². The lowest BCUT2D eigenvalue weighted by atomic mass is 10.1. The van der Waals surface area contributed by atoms with Crippen molar-refractivity contribution in [3.8, 4) is 0 Å². The molecule has 19 heavy (non-hydrogen) atoms. The van der Waals surface area contributed by atoms with Gasteiger partial charge in [-0.1, -0.05) is 0 Å². The Morgan fingerprint density at radius 3 is 2.63 bits per heavy atom. The lowest BCUT2D eigenvalue weighted by Crippen LogP contribution is -2.35. The van der Waals surface area contributed by atoms with Crippen LogP contribution in [0.3, 0.4) is 0 Å². The van der Waals surface area contributed by atoms with Crippen molar-refractivity contribution < 1.29 is 0 Å². The van der Waals surface area contributed by atoms with Gasteiger partial charge in [0.2, 0.25) is 0 Å². The van der Waals surface area contributed by atoms with E-state index in [4.69, 9.17) is 0 Å². The number of aromatic nitrogens is 5. The number of imidazole rings is 1. The van der Waals surface area contributed by atoms with Crippen molar-refractivity contribution in [2.24, 2.45) is 7.05 Å². The molecular formula is C13H22N6. The molecule has 0 spiro atoms. The van der Waals surface area contributed by atoms with E-state index in [2.05, 4.69) is 52.8 Å². The number of hydrogen-bond donors (Lipinski definition) is 1. The molecule has 1 unspecified atom stereocenters. The number of aryl methyl sites for hydroxylation is 1. The minimum Gasteiger partial charge on any atom is -0.323 e. The fourth-order valence-electron chi connectivity index (χ4n) is 1.97. The summed E-state index contributed by atoms with van der Waals surface area (Å²) >= 11 is 0. The van der Waals surface area contributed by atoms with Crippen molar-refractivity contribution >= 4 is 0 Å². The molecule has 0 bridgehead atoms. The monoisotopic (exact) mass is 262 g/mol. The van der Waals surface area contributed by atoms with Gasteiger partial charge in [-0.3, -0.25) is 0 Å². The second kappa shape index (κ2) is 5.13. The molecule has 0 aliphatic carbocycles. The summed E-state index contributed by atoms with van der Waals surface area (Å²) in [5, 5.41) is 11.6. The summed E-state index contributed by atoms with van der Waals surface area (Å²) in [5.41, 5.74) is 1.23. The van der Waals surface area contributed by atoms with Crippen LogP contribution in [0.15, 0.2) is 18.9 Å². The Morgan fingerprint density at radius 1 is 1.32 bits per heavy atom. The maximum absolute atomic E-state index is 4.25. The lowest BCUT2D eigenvalue weighted by Gasteiger charge is -2.22. The maximum atomic E-state index is 4.25. The smallest absolute Gasteiger partial charge is 0.155 e. The van der Waals surface area contributed by atoms with Crippen molar-refractivity contribution in [3.63, 3.8) is 0 Å². The first-order valence-electron chi connectivity index (χ1n) is 6.48. The third-order valence-electron chi connectivity index (χ3n) is 3.08. The molecular weight excluding hydrogens is 240 g/mol. The van der Waals surface area contributed by atoms with Crippen LogP contribution in [-0.4, -0.2) is 29.9 Å². The summed E-state index contributed by atoms with van der Waals surface area (Å²) in [6.45, 7) is 9.34. The summed E-state index contributed by atoms with van der Waals surface area (Å²) in [7, 11) is 1.95. The zero-order valence-electron chi connectivity index (χ0n) is 12.3. The van der Waals surface area contributed by atoms with Crippen molar-refractivity contribution in [2.45, 2.75) is 45.8 Å². The van der Waals surface area contributed by atoms with Gasteiger partial charge in [0.25, 0.3) is 0 Å². The normalized spacial score (nSPS) is 13.7. The second-order valence-electron chi connectivity index (χ2n) is 5.87. The van der Waals surface area contributed by atoms with E-state index in [-0.39, 0.29) is 11.6 Å². The van der Waals surface area contributed by atoms with Crippen molar-refractivity contribution in [1.82, 2.24) is 29.6 Å². The van der Waals surface area contributed by atoms with Crippen molar-refractivity contribution in [1.29, 1.82) is 0 Å². The Balaban J connectivity index is 2.18. The van der Waals surface area contributed by atoms with Crippen LogP contribution in [0.1, 0.15) is 45.3 Å². The summed E-state index contributed by atoms with van der Waals surface area (Å²) < 4.78 is 4.06. The summed E-state index contributed by atoms with van der Waals surface area (Å²) in [6.07, 6.45) is 5.46. The Bertz CT molecular complexity index is 533. The standard InChI is InChI=1S/C13H22N6/c1-10(12-17-16-9-18(12)5)19-8-14-6-11(19)7-15-13(2,3)4/h6,8-10,15H,7H2,1-5H3. The van der Waals surface area contributed by atoms with Crippen LogP contribution in [0, 0.1) is 0 Å². The van der Waals surface area contributed by atoms with E-state index < -0.39 is 0 Å². The zero-order valence-corrected chi connectivity index (χ0v) is 12.3. The molecule has 0 saturated carbocycles. The van der Waals surface area contributed by atoms with Crippen molar-refractivity contribution in [2.75, 3.05) is 0 Å². The molecule has 0 amide bonds. The molecule has 0 fully saturated rings. The predicted molar refractivity (Wildman–Crippen MR) is 73.6 cm³/mol. The highest BCUT2D eigenvalue weighted by Gasteiger charge is 2.17. The van der Waals surface area contributed by atoms with Gasteiger partial charge in [-0.2, -0.15) is 0 Å². The number of rotatable bonds is 4. The molecule has 0 aliphatic rings. The quantitative estimate of drug-likeness (QED) is 0.907. The van der Waals surface area contributed by atoms with Gasteiger partial charge in [-0.25, -0.2) is 4.98 Å². The Labute approximate surface area is 113 Å². The van der Waals surface area contributed by atoms with E-state index >= 15 is 0 Å². The molecule has 104 valence electrons. The molecule has 0 aliphatic heterocycles. The third kappa shape index (κ3) is 3.20. The summed E-state index contributed by atoms with van der Waals surface area (Å²) in [6, 6.07) is 0.117. The van der Waals surface area contributed by atoms with Gasteiger partial charge in [-0.15, -0.1) is 10.2 Å². The van der Waals surface area contributed by atoms with Gasteiger partial charge >= 0.3 is 0 Å². The van der Waals surface area contributed by atoms with Gasteiger partial charge in [0.1, 0.15) is 6.33 Å². The van der Waals surface area contributed by atoms with Gasteiger partial charge in [0, 0.05) is 25.3 Å². The van der Waals surface area contributed by atoms with E-state index in [1.54, 1.807) is 6.33 Å². The Kier molecular flexibility index (Phi) is 3.71. The average Bonchev–Trinajstić information content (AvgIpc) is 2.92. The van der Waals surface area contributed by atoms with Crippen LogP contribution in [0.25, 0.3) is 0 Å². The molecule has 1 atom stereocenters. The molecule has 6 heteroatoms. The minimum atomic E-state index is 0.0864. The van der Waals surface area contributed by atoms with E-state index in [1.165, 1.54) is 0 Å². The van der Waals surface area contributed by atoms with E-state index in [0.717, 1.165) is 18.1 Å². The summed E-state index contributed by atoms with van der Waals surface area (Å²) in [4.78, 5) is 4.25. The molecule has 6 nitrogen and oxygen atoms in total. The molecule has 1 N–H and O–H groups in total. The first-order chi connectivity index (χ1) is 8.88. The molecule has 2 rings (SSSR count). The number of nitrogens with zero attached hydrogens (tertiary/aromatic N) is 5. The molecule has 0 radical (unpaired) electrons. The first-order valence-corrected chi connectivity index (χ1v) is 6.48. The average molecular weight is 262 g/mol. The fourth-order valence-corrected chi connectivity index (χ4v) is 1.97. The highest BCUT2D eigenvalue weighted by Crippen LogP contribution is 2.17. The molecule has 2 aromatic heterocycles. The third-order valence-corrected chi connectivity index (χ3v) is 3.08. The highest BCUT2D eigenvalue weighted by molar-refractivity contribution is 5.06. The minimum absolute atomic E-state index is 0.0864. The molecule has 0 aromatic carbocycles. The Morgan fingerprint density at radius 2 is 2.05 bits per heavy atom. The van der Waals surface area contributed by atoms with Gasteiger partial charge in [0.15, 0.2) is 5.82 Å². The van der Waals surface area contributed by atoms with Gasteiger partial charge in [-0.05, 0) is 27.7 Å².